The van der Waals surface area contributed by atoms with Crippen molar-refractivity contribution in [3.63, 3.8) is 0 Å². The number of amides is 2. The Morgan fingerprint density at radius 1 is 1.20 bits per heavy atom. The minimum atomic E-state index is -4.53. The van der Waals surface area contributed by atoms with Gasteiger partial charge in [-0.3, -0.25) is 19.2 Å². The van der Waals surface area contributed by atoms with Gasteiger partial charge in [-0.05, 0) is 73.2 Å². The number of fused-ring (bicyclic) bond motifs is 1. The Morgan fingerprint density at radius 2 is 2.00 bits per heavy atom. The minimum absolute atomic E-state index is 0.0143. The second kappa shape index (κ2) is 9.00. The van der Waals surface area contributed by atoms with Gasteiger partial charge < -0.3 is 4.90 Å². The molecule has 1 unspecified atom stereocenters. The molecule has 0 N–H and O–H groups in total. The fourth-order valence-electron chi connectivity index (χ4n) is 4.50. The Balaban J connectivity index is 1.40. The normalized spacial score (nSPS) is 20.7. The lowest BCUT2D eigenvalue weighted by atomic mass is 10.1. The van der Waals surface area contributed by atoms with Crippen LogP contribution in [0.5, 0.6) is 0 Å². The number of hydrogen-bond donors (Lipinski definition) is 0. The maximum Gasteiger partial charge on any atom is 0.416 e. The van der Waals surface area contributed by atoms with Crippen LogP contribution >= 0.6 is 23.4 Å². The van der Waals surface area contributed by atoms with Crippen molar-refractivity contribution >= 4 is 51.5 Å². The van der Waals surface area contributed by atoms with Gasteiger partial charge in [0.05, 0.1) is 34.8 Å². The topological polar surface area (TPSA) is 58.4 Å². The van der Waals surface area contributed by atoms with Crippen molar-refractivity contribution in [2.24, 2.45) is 0 Å². The number of halogens is 4. The van der Waals surface area contributed by atoms with Crippen LogP contribution in [0.2, 0.25) is 5.02 Å². The molecule has 2 saturated heterocycles. The zero-order valence-corrected chi connectivity index (χ0v) is 20.1. The van der Waals surface area contributed by atoms with Gasteiger partial charge in [-0.1, -0.05) is 23.7 Å². The molecule has 0 radical (unpaired) electrons. The summed E-state index contributed by atoms with van der Waals surface area (Å²) in [7, 11) is 1.96. The van der Waals surface area contributed by atoms with E-state index in [1.54, 1.807) is 30.5 Å². The summed E-state index contributed by atoms with van der Waals surface area (Å²) < 4.78 is 41.9. The van der Waals surface area contributed by atoms with Crippen LogP contribution in [0.4, 0.5) is 18.0 Å². The molecule has 0 saturated carbocycles. The Kier molecular flexibility index (Phi) is 6.14. The molecule has 182 valence electrons. The first kappa shape index (κ1) is 23.9. The fourth-order valence-corrected chi connectivity index (χ4v) is 5.57. The van der Waals surface area contributed by atoms with E-state index >= 15 is 0 Å². The molecule has 1 aromatic heterocycles. The van der Waals surface area contributed by atoms with Crippen molar-refractivity contribution in [1.82, 2.24) is 19.6 Å². The van der Waals surface area contributed by atoms with Crippen molar-refractivity contribution < 1.29 is 22.8 Å². The van der Waals surface area contributed by atoms with E-state index in [9.17, 15) is 22.8 Å². The summed E-state index contributed by atoms with van der Waals surface area (Å²) in [5.41, 5.74) is 0.609. The number of imide groups is 1. The third-order valence-corrected chi connectivity index (χ3v) is 7.34. The largest absolute Gasteiger partial charge is 0.416 e. The van der Waals surface area contributed by atoms with Crippen LogP contribution in [0.3, 0.4) is 0 Å². The van der Waals surface area contributed by atoms with Crippen LogP contribution in [0, 0.1) is 0 Å². The highest BCUT2D eigenvalue weighted by atomic mass is 35.5. The van der Waals surface area contributed by atoms with Crippen LogP contribution in [0.15, 0.2) is 47.5 Å². The van der Waals surface area contributed by atoms with Gasteiger partial charge >= 0.3 is 6.18 Å². The molecule has 2 aliphatic rings. The van der Waals surface area contributed by atoms with Gasteiger partial charge in [0.25, 0.3) is 11.1 Å². The van der Waals surface area contributed by atoms with Crippen molar-refractivity contribution in [3.05, 3.63) is 69.2 Å². The number of benzene rings is 2. The molecule has 2 aliphatic heterocycles. The molecular weight excluding hydrogens is 501 g/mol. The summed E-state index contributed by atoms with van der Waals surface area (Å²) in [4.78, 5) is 29.2. The Hall–Kier alpha value is -2.82. The molecule has 11 heteroatoms. The molecule has 0 bridgehead atoms. The van der Waals surface area contributed by atoms with Crippen LogP contribution in [0.25, 0.3) is 17.0 Å². The maximum absolute atomic E-state index is 13.5. The number of carbonyl (C=O) groups is 2. The van der Waals surface area contributed by atoms with E-state index in [1.807, 2.05) is 7.05 Å². The number of likely N-dealkylation sites (tertiary alicyclic amines) is 1. The van der Waals surface area contributed by atoms with Gasteiger partial charge in [0.2, 0.25) is 0 Å². The smallest absolute Gasteiger partial charge is 0.304 e. The van der Waals surface area contributed by atoms with E-state index in [4.69, 9.17) is 11.6 Å². The lowest BCUT2D eigenvalue weighted by Crippen LogP contribution is -2.40. The second-order valence-corrected chi connectivity index (χ2v) is 10.1. The number of thioether (sulfide) groups is 1. The molecule has 0 spiro atoms. The number of carbonyl (C=O) groups excluding carboxylic acids is 2. The van der Waals surface area contributed by atoms with E-state index in [0.29, 0.717) is 27.9 Å². The molecule has 0 aliphatic carbocycles. The molecule has 35 heavy (non-hydrogen) atoms. The first-order valence-electron chi connectivity index (χ1n) is 10.9. The summed E-state index contributed by atoms with van der Waals surface area (Å²) >= 11 is 6.70. The Bertz CT molecular complexity index is 1370. The Morgan fingerprint density at radius 3 is 2.71 bits per heavy atom. The second-order valence-electron chi connectivity index (χ2n) is 8.68. The number of hydrogen-bond acceptors (Lipinski definition) is 5. The first-order chi connectivity index (χ1) is 16.6. The van der Waals surface area contributed by atoms with Crippen LogP contribution in [-0.2, 0) is 17.5 Å². The molecule has 3 aromatic rings. The Labute approximate surface area is 208 Å². The number of nitrogens with zero attached hydrogens (tertiary/aromatic N) is 4. The molecule has 2 fully saturated rings. The van der Waals surface area contributed by atoms with E-state index in [0.717, 1.165) is 30.8 Å². The average molecular weight is 521 g/mol. The molecule has 2 amide bonds. The van der Waals surface area contributed by atoms with Gasteiger partial charge in [-0.25, -0.2) is 0 Å². The van der Waals surface area contributed by atoms with E-state index in [1.165, 1.54) is 21.7 Å². The predicted molar refractivity (Wildman–Crippen MR) is 129 cm³/mol. The van der Waals surface area contributed by atoms with Crippen LogP contribution in [0.1, 0.15) is 23.1 Å². The SMILES string of the molecule is CN1CCC(N2C(=O)SC(=Cc3ccc4c(cnn4Cc4ccc(Cl)cc4C(F)(F)F)c3)C2=O)C1. The van der Waals surface area contributed by atoms with E-state index in [-0.39, 0.29) is 34.3 Å². The number of likely N-dealkylation sites (N-methyl/N-ethyl adjacent to an activating group) is 1. The number of alkyl halides is 3. The highest BCUT2D eigenvalue weighted by molar-refractivity contribution is 8.18. The molecule has 6 nitrogen and oxygen atoms in total. The standard InChI is InChI=1S/C24H20ClF3N4O2S/c1-30-7-6-18(13-30)32-22(33)21(35-23(32)34)9-14-2-5-20-16(8-14)11-29-31(20)12-15-3-4-17(25)10-19(15)24(26,27)28/h2-5,8-11,18H,6-7,12-13H2,1H3. The average Bonchev–Trinajstić information content (AvgIpc) is 3.46. The summed E-state index contributed by atoms with van der Waals surface area (Å²) in [6.45, 7) is 1.43. The predicted octanol–water partition coefficient (Wildman–Crippen LogP) is 5.50. The van der Waals surface area contributed by atoms with E-state index < -0.39 is 11.7 Å². The fraction of sp³-hybridized carbons (Fsp3) is 0.292. The van der Waals surface area contributed by atoms with E-state index in [2.05, 4.69) is 10.00 Å². The quantitative estimate of drug-likeness (QED) is 0.425. The van der Waals surface area contributed by atoms with Crippen LogP contribution in [-0.4, -0.2) is 56.9 Å². The van der Waals surface area contributed by atoms with Gasteiger partial charge in [0.1, 0.15) is 0 Å². The maximum atomic E-state index is 13.5. The van der Waals surface area contributed by atoms with Crippen LogP contribution < -0.4 is 0 Å². The molecule has 5 rings (SSSR count). The molecular formula is C24H20ClF3N4O2S. The lowest BCUT2D eigenvalue weighted by molar-refractivity contribution is -0.138. The first-order valence-corrected chi connectivity index (χ1v) is 12.1. The van der Waals surface area contributed by atoms with Gasteiger partial charge in [-0.15, -0.1) is 0 Å². The number of aromatic nitrogens is 2. The zero-order valence-electron chi connectivity index (χ0n) is 18.6. The third kappa shape index (κ3) is 4.70. The highest BCUT2D eigenvalue weighted by Gasteiger charge is 2.41. The monoisotopic (exact) mass is 520 g/mol. The minimum Gasteiger partial charge on any atom is -0.304 e. The van der Waals surface area contributed by atoms with Gasteiger partial charge in [-0.2, -0.15) is 18.3 Å². The summed E-state index contributed by atoms with van der Waals surface area (Å²) in [6.07, 6.45) is -0.541. The van der Waals surface area contributed by atoms with Gasteiger partial charge in [0, 0.05) is 17.0 Å². The summed E-state index contributed by atoms with van der Waals surface area (Å²) in [5, 5.41) is 4.72. The lowest BCUT2D eigenvalue weighted by Gasteiger charge is -2.20. The van der Waals surface area contributed by atoms with Gasteiger partial charge in [0.15, 0.2) is 0 Å². The van der Waals surface area contributed by atoms with Crippen molar-refractivity contribution in [3.8, 4) is 0 Å². The zero-order chi connectivity index (χ0) is 24.9. The van der Waals surface area contributed by atoms with Crippen molar-refractivity contribution in [2.75, 3.05) is 20.1 Å². The molecule has 2 aromatic carbocycles. The highest BCUT2D eigenvalue weighted by Crippen LogP contribution is 2.36. The van der Waals surface area contributed by atoms with Crippen molar-refractivity contribution in [1.29, 1.82) is 0 Å². The molecule has 3 heterocycles. The summed E-state index contributed by atoms with van der Waals surface area (Å²) in [6, 6.07) is 8.86. The van der Waals surface area contributed by atoms with Crippen molar-refractivity contribution in [2.45, 2.75) is 25.2 Å². The number of rotatable bonds is 4. The molecule has 1 atom stereocenters. The summed E-state index contributed by atoms with van der Waals surface area (Å²) in [5.74, 6) is -0.293. The third-order valence-electron chi connectivity index (χ3n) is 6.22.